The van der Waals surface area contributed by atoms with E-state index in [0.29, 0.717) is 6.42 Å². The van der Waals surface area contributed by atoms with E-state index in [-0.39, 0.29) is 0 Å². The summed E-state index contributed by atoms with van der Waals surface area (Å²) in [5.41, 5.74) is 0. The van der Waals surface area contributed by atoms with E-state index in [1.165, 1.54) is 6.08 Å². The fourth-order valence-corrected chi connectivity index (χ4v) is 1.53. The second kappa shape index (κ2) is 6.81. The second-order valence-electron chi connectivity index (χ2n) is 3.94. The predicted molar refractivity (Wildman–Crippen MR) is 59.3 cm³/mol. The van der Waals surface area contributed by atoms with E-state index in [4.69, 9.17) is 14.6 Å². The first kappa shape index (κ1) is 15.1. The fourth-order valence-electron chi connectivity index (χ4n) is 1.53. The number of carbonyl (C=O) groups excluding carboxylic acids is 1. The lowest BCUT2D eigenvalue weighted by Crippen LogP contribution is -2.59. The van der Waals surface area contributed by atoms with Crippen molar-refractivity contribution in [3.8, 4) is 0 Å². The molecule has 18 heavy (non-hydrogen) atoms. The average Bonchev–Trinajstić information content (AvgIpc) is 2.37. The molecule has 5 atom stereocenters. The summed E-state index contributed by atoms with van der Waals surface area (Å²) in [5, 5.41) is 37.5. The summed E-state index contributed by atoms with van der Waals surface area (Å²) in [6.45, 7) is 1.27. The number of rotatable bonds is 4. The molecule has 0 amide bonds. The van der Waals surface area contributed by atoms with Crippen molar-refractivity contribution in [1.29, 1.82) is 0 Å². The lowest BCUT2D eigenvalue weighted by molar-refractivity contribution is -0.291. The third kappa shape index (κ3) is 3.50. The third-order valence-corrected chi connectivity index (χ3v) is 2.57. The lowest BCUT2D eigenvalue weighted by Gasteiger charge is -2.38. The van der Waals surface area contributed by atoms with Crippen LogP contribution in [0.25, 0.3) is 0 Å². The van der Waals surface area contributed by atoms with Gasteiger partial charge in [-0.2, -0.15) is 0 Å². The van der Waals surface area contributed by atoms with Crippen LogP contribution in [0.15, 0.2) is 12.2 Å². The molecule has 1 aliphatic heterocycles. The van der Waals surface area contributed by atoms with Gasteiger partial charge in [-0.15, -0.1) is 0 Å². The normalized spacial score (nSPS) is 36.8. The van der Waals surface area contributed by atoms with E-state index in [1.54, 1.807) is 6.08 Å². The van der Waals surface area contributed by atoms with Gasteiger partial charge in [0, 0.05) is 6.08 Å². The van der Waals surface area contributed by atoms with E-state index in [0.717, 1.165) is 0 Å². The van der Waals surface area contributed by atoms with Crippen molar-refractivity contribution in [3.05, 3.63) is 12.2 Å². The Balaban J connectivity index is 2.64. The second-order valence-corrected chi connectivity index (χ2v) is 3.94. The number of aliphatic hydroxyl groups excluding tert-OH is 4. The molecule has 0 bridgehead atoms. The maximum Gasteiger partial charge on any atom is 0.332 e. The van der Waals surface area contributed by atoms with Crippen LogP contribution in [0.4, 0.5) is 0 Å². The number of hydrogen-bond acceptors (Lipinski definition) is 7. The maximum absolute atomic E-state index is 11.3. The molecular weight excluding hydrogens is 244 g/mol. The molecule has 0 unspecified atom stereocenters. The highest BCUT2D eigenvalue weighted by Gasteiger charge is 2.45. The Labute approximate surface area is 104 Å². The summed E-state index contributed by atoms with van der Waals surface area (Å²) >= 11 is 0. The van der Waals surface area contributed by atoms with Gasteiger partial charge in [0.1, 0.15) is 24.4 Å². The number of carbonyl (C=O) groups is 1. The number of ether oxygens (including phenoxy) is 2. The van der Waals surface area contributed by atoms with Gasteiger partial charge >= 0.3 is 5.97 Å². The van der Waals surface area contributed by atoms with Crippen LogP contribution in [-0.4, -0.2) is 63.7 Å². The SMILES string of the molecule is CC/C=C/C(=O)O[C@H]1O[C@H](CO)[C@@H](O)[C@H](O)[C@H]1O. The first-order valence-electron chi connectivity index (χ1n) is 5.69. The lowest BCUT2D eigenvalue weighted by atomic mass is 9.99. The van der Waals surface area contributed by atoms with Gasteiger partial charge in [-0.25, -0.2) is 4.79 Å². The Morgan fingerprint density at radius 2 is 1.94 bits per heavy atom. The number of allylic oxidation sites excluding steroid dienone is 1. The minimum Gasteiger partial charge on any atom is -0.430 e. The van der Waals surface area contributed by atoms with E-state index < -0.39 is 43.3 Å². The highest BCUT2D eigenvalue weighted by molar-refractivity contribution is 5.81. The van der Waals surface area contributed by atoms with Crippen LogP contribution < -0.4 is 0 Å². The predicted octanol–water partition coefficient (Wildman–Crippen LogP) is -1.70. The van der Waals surface area contributed by atoms with Crippen LogP contribution in [0.1, 0.15) is 13.3 Å². The van der Waals surface area contributed by atoms with Crippen molar-refractivity contribution in [1.82, 2.24) is 0 Å². The summed E-state index contributed by atoms with van der Waals surface area (Å²) in [6.07, 6.45) is -3.72. The summed E-state index contributed by atoms with van der Waals surface area (Å²) in [5.74, 6) is -0.735. The molecule has 7 nitrogen and oxygen atoms in total. The van der Waals surface area contributed by atoms with Crippen LogP contribution in [0.2, 0.25) is 0 Å². The first-order chi connectivity index (χ1) is 8.51. The van der Waals surface area contributed by atoms with Gasteiger partial charge in [0.25, 0.3) is 0 Å². The van der Waals surface area contributed by atoms with Crippen LogP contribution in [0, 0.1) is 0 Å². The monoisotopic (exact) mass is 262 g/mol. The smallest absolute Gasteiger partial charge is 0.332 e. The Morgan fingerprint density at radius 3 is 2.50 bits per heavy atom. The molecule has 1 saturated heterocycles. The number of esters is 1. The maximum atomic E-state index is 11.3. The summed E-state index contributed by atoms with van der Waals surface area (Å²) < 4.78 is 9.77. The van der Waals surface area contributed by atoms with Crippen molar-refractivity contribution in [2.45, 2.75) is 44.1 Å². The zero-order valence-electron chi connectivity index (χ0n) is 9.97. The standard InChI is InChI=1S/C11H18O7/c1-2-3-4-7(13)18-11-10(16)9(15)8(14)6(5-12)17-11/h3-4,6,8-12,14-16H,2,5H2,1H3/b4-3+/t6-,8-,9+,10-,11-/m1/s1. The van der Waals surface area contributed by atoms with Gasteiger partial charge < -0.3 is 29.9 Å². The topological polar surface area (TPSA) is 116 Å². The van der Waals surface area contributed by atoms with E-state index in [2.05, 4.69) is 0 Å². The van der Waals surface area contributed by atoms with Gasteiger partial charge in [-0.1, -0.05) is 13.0 Å². The van der Waals surface area contributed by atoms with Crippen LogP contribution >= 0.6 is 0 Å². The Morgan fingerprint density at radius 1 is 1.28 bits per heavy atom. The molecule has 0 aromatic heterocycles. The Hall–Kier alpha value is -0.990. The molecule has 0 aliphatic carbocycles. The first-order valence-corrected chi connectivity index (χ1v) is 5.69. The molecule has 0 radical (unpaired) electrons. The highest BCUT2D eigenvalue weighted by Crippen LogP contribution is 2.22. The van der Waals surface area contributed by atoms with Crippen molar-refractivity contribution in [2.75, 3.05) is 6.61 Å². The molecule has 7 heteroatoms. The van der Waals surface area contributed by atoms with Gasteiger partial charge in [0.2, 0.25) is 6.29 Å². The largest absolute Gasteiger partial charge is 0.430 e. The van der Waals surface area contributed by atoms with Gasteiger partial charge in [-0.05, 0) is 6.42 Å². The van der Waals surface area contributed by atoms with E-state index in [9.17, 15) is 20.1 Å². The molecule has 0 aromatic rings. The van der Waals surface area contributed by atoms with Crippen molar-refractivity contribution in [3.63, 3.8) is 0 Å². The molecule has 1 fully saturated rings. The third-order valence-electron chi connectivity index (χ3n) is 2.57. The number of hydrogen-bond donors (Lipinski definition) is 4. The minimum atomic E-state index is -1.57. The highest BCUT2D eigenvalue weighted by atomic mass is 16.7. The molecular formula is C11H18O7. The molecule has 1 heterocycles. The average molecular weight is 262 g/mol. The van der Waals surface area contributed by atoms with Crippen LogP contribution in [0.5, 0.6) is 0 Å². The zero-order valence-corrected chi connectivity index (χ0v) is 9.97. The van der Waals surface area contributed by atoms with E-state index in [1.807, 2.05) is 6.92 Å². The fraction of sp³-hybridized carbons (Fsp3) is 0.727. The van der Waals surface area contributed by atoms with E-state index >= 15 is 0 Å². The van der Waals surface area contributed by atoms with Crippen molar-refractivity contribution in [2.24, 2.45) is 0 Å². The van der Waals surface area contributed by atoms with Gasteiger partial charge in [0.05, 0.1) is 6.61 Å². The molecule has 1 rings (SSSR count). The molecule has 0 saturated carbocycles. The van der Waals surface area contributed by atoms with Gasteiger partial charge in [-0.3, -0.25) is 0 Å². The molecule has 4 N–H and O–H groups in total. The van der Waals surface area contributed by atoms with Gasteiger partial charge in [0.15, 0.2) is 0 Å². The molecule has 104 valence electrons. The quantitative estimate of drug-likeness (QED) is 0.352. The molecule has 1 aliphatic rings. The van der Waals surface area contributed by atoms with Crippen LogP contribution in [0.3, 0.4) is 0 Å². The Kier molecular flexibility index (Phi) is 5.70. The minimum absolute atomic E-state index is 0.566. The summed E-state index contributed by atoms with van der Waals surface area (Å²) in [6, 6.07) is 0. The summed E-state index contributed by atoms with van der Waals surface area (Å²) in [7, 11) is 0. The number of aliphatic hydroxyl groups is 4. The molecule has 0 aromatic carbocycles. The van der Waals surface area contributed by atoms with Crippen molar-refractivity contribution < 1.29 is 34.7 Å². The zero-order chi connectivity index (χ0) is 13.7. The van der Waals surface area contributed by atoms with Crippen LogP contribution in [-0.2, 0) is 14.3 Å². The summed E-state index contributed by atoms with van der Waals surface area (Å²) in [4.78, 5) is 11.3. The van der Waals surface area contributed by atoms with Crippen molar-refractivity contribution >= 4 is 5.97 Å². The Bertz CT molecular complexity index is 302. The molecule has 0 spiro atoms.